The van der Waals surface area contributed by atoms with Crippen molar-refractivity contribution in [1.29, 1.82) is 5.26 Å². The molecular weight excluding hydrogens is 633 g/mol. The summed E-state index contributed by atoms with van der Waals surface area (Å²) in [5.41, 5.74) is 10.0. The Morgan fingerprint density at radius 3 is 1.54 bits per heavy atom. The molecule has 52 heavy (non-hydrogen) atoms. The van der Waals surface area contributed by atoms with Crippen molar-refractivity contribution in [2.45, 2.75) is 0 Å². The lowest BCUT2D eigenvalue weighted by Gasteiger charge is -2.18. The highest BCUT2D eigenvalue weighted by Gasteiger charge is 2.17. The van der Waals surface area contributed by atoms with Gasteiger partial charge in [-0.3, -0.25) is 0 Å². The molecule has 0 aliphatic rings. The molecule has 0 unspecified atom stereocenters. The average Bonchev–Trinajstić information content (AvgIpc) is 3.23. The van der Waals surface area contributed by atoms with Crippen LogP contribution in [0.1, 0.15) is 5.56 Å². The van der Waals surface area contributed by atoms with Crippen molar-refractivity contribution in [1.82, 2.24) is 15.0 Å². The summed E-state index contributed by atoms with van der Waals surface area (Å²) in [4.78, 5) is 14.7. The van der Waals surface area contributed by atoms with Gasteiger partial charge in [-0.25, -0.2) is 15.0 Å². The van der Waals surface area contributed by atoms with E-state index in [0.717, 1.165) is 66.2 Å². The molecule has 1 aromatic heterocycles. The van der Waals surface area contributed by atoms with Crippen LogP contribution in [0.15, 0.2) is 182 Å². The molecule has 4 heteroatoms. The SMILES string of the molecule is N#Cc1cccc(-c2c(-c3cc(-c4ccc(-c5nc(-c6ccccc6)nc(-c6ccccc6)n5)cc4)cc4ccccc34)ccc3ccccc23)c1. The first-order chi connectivity index (χ1) is 25.7. The van der Waals surface area contributed by atoms with Gasteiger partial charge in [0, 0.05) is 16.7 Å². The fourth-order valence-corrected chi connectivity index (χ4v) is 7.00. The Bertz CT molecular complexity index is 2730. The molecule has 4 nitrogen and oxygen atoms in total. The van der Waals surface area contributed by atoms with E-state index in [1.807, 2.05) is 78.9 Å². The molecule has 0 aliphatic heterocycles. The lowest BCUT2D eigenvalue weighted by atomic mass is 9.86. The van der Waals surface area contributed by atoms with Gasteiger partial charge in [0.25, 0.3) is 0 Å². The fraction of sp³-hybridized carbons (Fsp3) is 0. The minimum atomic E-state index is 0.624. The topological polar surface area (TPSA) is 62.5 Å². The predicted octanol–water partition coefficient (Wildman–Crippen LogP) is 12.1. The highest BCUT2D eigenvalue weighted by atomic mass is 15.0. The number of hydrogen-bond donors (Lipinski definition) is 0. The second kappa shape index (κ2) is 13.2. The maximum Gasteiger partial charge on any atom is 0.164 e. The number of aromatic nitrogens is 3. The smallest absolute Gasteiger partial charge is 0.164 e. The molecule has 242 valence electrons. The maximum atomic E-state index is 9.78. The second-order valence-electron chi connectivity index (χ2n) is 12.8. The molecule has 9 rings (SSSR count). The monoisotopic (exact) mass is 662 g/mol. The predicted molar refractivity (Wildman–Crippen MR) is 212 cm³/mol. The van der Waals surface area contributed by atoms with Crippen molar-refractivity contribution in [3.63, 3.8) is 0 Å². The Balaban J connectivity index is 1.18. The van der Waals surface area contributed by atoms with E-state index in [9.17, 15) is 5.26 Å². The number of hydrogen-bond acceptors (Lipinski definition) is 4. The van der Waals surface area contributed by atoms with Gasteiger partial charge >= 0.3 is 0 Å². The van der Waals surface area contributed by atoms with Crippen molar-refractivity contribution in [2.75, 3.05) is 0 Å². The first-order valence-electron chi connectivity index (χ1n) is 17.2. The van der Waals surface area contributed by atoms with Gasteiger partial charge in [-0.2, -0.15) is 5.26 Å². The van der Waals surface area contributed by atoms with E-state index >= 15 is 0 Å². The van der Waals surface area contributed by atoms with E-state index < -0.39 is 0 Å². The summed E-state index contributed by atoms with van der Waals surface area (Å²) in [6, 6.07) is 64.8. The van der Waals surface area contributed by atoms with E-state index in [2.05, 4.69) is 109 Å². The van der Waals surface area contributed by atoms with Crippen LogP contribution in [0.2, 0.25) is 0 Å². The Morgan fingerprint density at radius 2 is 0.885 bits per heavy atom. The number of fused-ring (bicyclic) bond motifs is 2. The highest BCUT2D eigenvalue weighted by Crippen LogP contribution is 2.43. The van der Waals surface area contributed by atoms with Crippen molar-refractivity contribution in [3.05, 3.63) is 188 Å². The molecule has 1 heterocycles. The number of nitriles is 1. The summed E-state index contributed by atoms with van der Waals surface area (Å²) in [5, 5.41) is 14.4. The van der Waals surface area contributed by atoms with Crippen LogP contribution in [0, 0.1) is 11.3 Å². The van der Waals surface area contributed by atoms with Crippen LogP contribution in [-0.2, 0) is 0 Å². The van der Waals surface area contributed by atoms with E-state index in [-0.39, 0.29) is 0 Å². The Morgan fingerprint density at radius 1 is 0.346 bits per heavy atom. The summed E-state index contributed by atoms with van der Waals surface area (Å²) >= 11 is 0. The molecule has 0 atom stereocenters. The van der Waals surface area contributed by atoms with Crippen molar-refractivity contribution < 1.29 is 0 Å². The van der Waals surface area contributed by atoms with Crippen molar-refractivity contribution in [2.24, 2.45) is 0 Å². The lowest BCUT2D eigenvalue weighted by molar-refractivity contribution is 1.07. The van der Waals surface area contributed by atoms with Gasteiger partial charge in [-0.15, -0.1) is 0 Å². The van der Waals surface area contributed by atoms with Gasteiger partial charge in [0.2, 0.25) is 0 Å². The summed E-state index contributed by atoms with van der Waals surface area (Å²) in [5.74, 6) is 1.90. The van der Waals surface area contributed by atoms with Gasteiger partial charge in [-0.1, -0.05) is 158 Å². The van der Waals surface area contributed by atoms with Crippen LogP contribution in [-0.4, -0.2) is 15.0 Å². The minimum absolute atomic E-state index is 0.624. The fourth-order valence-electron chi connectivity index (χ4n) is 7.00. The van der Waals surface area contributed by atoms with Gasteiger partial charge < -0.3 is 0 Å². The second-order valence-corrected chi connectivity index (χ2v) is 12.8. The van der Waals surface area contributed by atoms with E-state index in [1.54, 1.807) is 0 Å². The minimum Gasteiger partial charge on any atom is -0.208 e. The maximum absolute atomic E-state index is 9.78. The highest BCUT2D eigenvalue weighted by molar-refractivity contribution is 6.10. The number of benzene rings is 8. The molecule has 0 bridgehead atoms. The zero-order valence-electron chi connectivity index (χ0n) is 28.1. The molecular formula is C48H30N4. The Hall–Kier alpha value is -7.22. The molecule has 8 aromatic carbocycles. The summed E-state index contributed by atoms with van der Waals surface area (Å²) in [7, 11) is 0. The summed E-state index contributed by atoms with van der Waals surface area (Å²) in [6.45, 7) is 0. The molecule has 0 aliphatic carbocycles. The van der Waals surface area contributed by atoms with Gasteiger partial charge in [0.1, 0.15) is 0 Å². The third-order valence-electron chi connectivity index (χ3n) is 9.54. The molecule has 0 saturated heterocycles. The van der Waals surface area contributed by atoms with Crippen molar-refractivity contribution in [3.8, 4) is 73.6 Å². The van der Waals surface area contributed by atoms with Crippen LogP contribution in [0.3, 0.4) is 0 Å². The molecule has 0 spiro atoms. The van der Waals surface area contributed by atoms with Crippen LogP contribution in [0.25, 0.3) is 89.1 Å². The van der Waals surface area contributed by atoms with Crippen LogP contribution >= 0.6 is 0 Å². The van der Waals surface area contributed by atoms with Crippen LogP contribution in [0.4, 0.5) is 0 Å². The molecule has 0 amide bonds. The third kappa shape index (κ3) is 5.77. The third-order valence-corrected chi connectivity index (χ3v) is 9.54. The zero-order chi connectivity index (χ0) is 34.9. The van der Waals surface area contributed by atoms with Gasteiger partial charge in [0.15, 0.2) is 17.5 Å². The zero-order valence-corrected chi connectivity index (χ0v) is 28.1. The molecule has 0 fully saturated rings. The van der Waals surface area contributed by atoms with Gasteiger partial charge in [0.05, 0.1) is 11.6 Å². The van der Waals surface area contributed by atoms with Crippen molar-refractivity contribution >= 4 is 21.5 Å². The van der Waals surface area contributed by atoms with E-state index in [4.69, 9.17) is 15.0 Å². The summed E-state index contributed by atoms with van der Waals surface area (Å²) < 4.78 is 0. The van der Waals surface area contributed by atoms with E-state index in [0.29, 0.717) is 23.0 Å². The molecule has 0 N–H and O–H groups in total. The van der Waals surface area contributed by atoms with E-state index in [1.165, 1.54) is 5.39 Å². The largest absolute Gasteiger partial charge is 0.208 e. The first kappa shape index (κ1) is 30.8. The number of rotatable bonds is 6. The molecule has 9 aromatic rings. The molecule has 0 saturated carbocycles. The van der Waals surface area contributed by atoms with Crippen LogP contribution < -0.4 is 0 Å². The van der Waals surface area contributed by atoms with Gasteiger partial charge in [-0.05, 0) is 79.2 Å². The normalized spacial score (nSPS) is 11.1. The standard InChI is InChI=1S/C48H30N4/c49-31-32-12-11-19-39(28-32)45-42-21-10-7-13-34(42)26-27-43(45)44-30-40(29-38-18-8-9-20-41(38)44)33-22-24-37(25-23-33)48-51-46(35-14-3-1-4-15-35)50-47(52-48)36-16-5-2-6-17-36/h1-30H. The Kier molecular flexibility index (Phi) is 7.85. The first-order valence-corrected chi connectivity index (χ1v) is 17.2. The average molecular weight is 663 g/mol. The lowest BCUT2D eigenvalue weighted by Crippen LogP contribution is -2.00. The quantitative estimate of drug-likeness (QED) is 0.178. The van der Waals surface area contributed by atoms with Crippen LogP contribution in [0.5, 0.6) is 0 Å². The number of nitrogens with zero attached hydrogens (tertiary/aromatic N) is 4. The summed E-state index contributed by atoms with van der Waals surface area (Å²) in [6.07, 6.45) is 0. The molecule has 0 radical (unpaired) electrons. The Labute approximate surface area is 302 Å².